The van der Waals surface area contributed by atoms with Crippen LogP contribution in [0.2, 0.25) is 0 Å². The van der Waals surface area contributed by atoms with Crippen LogP contribution in [0, 0.1) is 5.92 Å². The first-order valence-electron chi connectivity index (χ1n) is 48.7. The lowest BCUT2D eigenvalue weighted by molar-refractivity contribution is -0.360. The lowest BCUT2D eigenvalue weighted by Gasteiger charge is -2.50. The minimum atomic E-state index is -5.81. The first-order valence-corrected chi connectivity index (χ1v) is 50.2. The van der Waals surface area contributed by atoms with Gasteiger partial charge in [0.05, 0.1) is 13.2 Å². The molecule has 2 heterocycles. The normalized spacial score (nSPS) is 25.0. The summed E-state index contributed by atoms with van der Waals surface area (Å²) in [7, 11) is -5.81. The Morgan fingerprint density at radius 1 is 0.328 bits per heavy atom. The highest BCUT2D eigenvalue weighted by Gasteiger charge is 2.60. The summed E-state index contributed by atoms with van der Waals surface area (Å²) < 4.78 is 73.6. The van der Waals surface area contributed by atoms with E-state index in [-0.39, 0.29) is 25.7 Å². The maximum absolute atomic E-state index is 14.9. The Hall–Kier alpha value is -2.53. The molecular weight excluding hydrogens is 1550 g/mol. The van der Waals surface area contributed by atoms with Gasteiger partial charge in [-0.1, -0.05) is 381 Å². The van der Waals surface area contributed by atoms with Gasteiger partial charge in [0.25, 0.3) is 0 Å². The lowest BCUT2D eigenvalue weighted by atomic mass is 9.84. The van der Waals surface area contributed by atoms with Gasteiger partial charge in [-0.3, -0.25) is 28.2 Å². The van der Waals surface area contributed by atoms with Gasteiger partial charge in [0.2, 0.25) is 0 Å². The Kier molecular flexibility index (Phi) is 66.5. The zero-order valence-electron chi connectivity index (χ0n) is 75.1. The summed E-state index contributed by atoms with van der Waals surface area (Å²) >= 11 is 0. The van der Waals surface area contributed by atoms with Crippen molar-refractivity contribution in [3.63, 3.8) is 0 Å². The molecule has 3 fully saturated rings. The average Bonchev–Trinajstić information content (AvgIpc) is 0.753. The van der Waals surface area contributed by atoms with Crippen molar-refractivity contribution < 1.29 is 122 Å². The zero-order chi connectivity index (χ0) is 86.9. The molecule has 2 aliphatic heterocycles. The molecule has 19 unspecified atom stereocenters. The first-order chi connectivity index (χ1) is 57.6. The summed E-state index contributed by atoms with van der Waals surface area (Å²) in [5, 5.41) is 102. The molecule has 702 valence electrons. The number of ether oxygens (including phenoxy) is 8. The zero-order valence-corrected chi connectivity index (χ0v) is 76.0. The Morgan fingerprint density at radius 3 is 1.00 bits per heavy atom. The number of carbonyl (C=O) groups excluding carboxylic acids is 4. The summed E-state index contributed by atoms with van der Waals surface area (Å²) in [4.78, 5) is 66.6. The van der Waals surface area contributed by atoms with E-state index in [4.69, 9.17) is 46.9 Å². The molecule has 0 amide bonds. The van der Waals surface area contributed by atoms with E-state index in [1.807, 2.05) is 0 Å². The highest BCUT2D eigenvalue weighted by molar-refractivity contribution is 7.47. The van der Waals surface area contributed by atoms with Crippen molar-refractivity contribution in [2.45, 2.75) is 537 Å². The van der Waals surface area contributed by atoms with E-state index in [2.05, 4.69) is 34.6 Å². The third kappa shape index (κ3) is 51.8. The molecule has 0 bridgehead atoms. The number of aliphatic hydroxyl groups excluding tert-OH is 9. The van der Waals surface area contributed by atoms with E-state index >= 15 is 0 Å². The van der Waals surface area contributed by atoms with Gasteiger partial charge in [-0.05, 0) is 31.6 Å². The number of aliphatic hydroxyl groups is 9. The molecule has 0 spiro atoms. The van der Waals surface area contributed by atoms with Gasteiger partial charge in [-0.2, -0.15) is 0 Å². The summed E-state index contributed by atoms with van der Waals surface area (Å²) in [6, 6.07) is 0. The SMILES string of the molecule is CCCCCCCCCCCCCCCCCCC(=O)OC(COC(=O)CCCCCCCCC(C)CCCCCCCC)COP(=O)(O)OC1C(OC2OC(CO)C(O)C(O)C2O)C(O)C(O)C(OC(=O)CCCCCCCCCCCCCCCCC)C1OC1OC(COC(=O)CCCCCCCCCCCCCCC)C(O)C(O)C1O. The third-order valence-electron chi connectivity index (χ3n) is 24.3. The topological polar surface area (TPSA) is 380 Å². The summed E-state index contributed by atoms with van der Waals surface area (Å²) in [6.45, 7) is 7.98. The number of phosphoric ester groups is 1. The van der Waals surface area contributed by atoms with Crippen molar-refractivity contribution >= 4 is 31.7 Å². The van der Waals surface area contributed by atoms with E-state index < -0.39 is 162 Å². The molecule has 119 heavy (non-hydrogen) atoms. The van der Waals surface area contributed by atoms with Crippen LogP contribution in [-0.4, -0.2) is 205 Å². The molecule has 3 rings (SSSR count). The van der Waals surface area contributed by atoms with Gasteiger partial charge in [0, 0.05) is 25.7 Å². The third-order valence-corrected chi connectivity index (χ3v) is 25.2. The minimum Gasteiger partial charge on any atom is -0.463 e. The largest absolute Gasteiger partial charge is 0.472 e. The summed E-state index contributed by atoms with van der Waals surface area (Å²) in [6.07, 6.45) is 27.9. The Bertz CT molecular complexity index is 2490. The second-order valence-corrected chi connectivity index (χ2v) is 36.6. The Labute approximate surface area is 719 Å². The fourth-order valence-electron chi connectivity index (χ4n) is 16.4. The molecule has 1 saturated carbocycles. The van der Waals surface area contributed by atoms with Crippen LogP contribution in [0.5, 0.6) is 0 Å². The standard InChI is InChI=1S/C93H175O25P/c1-6-10-14-18-22-25-28-31-33-35-38-40-43-46-54-60-66-78(97)112-73(69-109-76(95)64-58-53-49-48-51-57-63-72(5)62-56-50-21-17-13-9-4)70-111-119(107,108)118-91-89(116-92-86(105)82(101)80(99)74(68-94)113-92)85(104)84(103)88(115-79(98)67-61-55-47-44-41-37-34-32-29-26-23-19-15-11-7-2)90(91)117-93-87(106)83(102)81(100)75(114-93)71-110-77(96)65-59-52-45-42-39-36-30-27-24-20-16-12-8-3/h72-75,80-94,99-106H,6-71H2,1-5H3,(H,107,108). The van der Waals surface area contributed by atoms with Crippen LogP contribution in [0.15, 0.2) is 0 Å². The maximum Gasteiger partial charge on any atom is 0.472 e. The van der Waals surface area contributed by atoms with Crippen LogP contribution in [-0.2, 0) is 70.7 Å². The van der Waals surface area contributed by atoms with Gasteiger partial charge in [-0.15, -0.1) is 0 Å². The van der Waals surface area contributed by atoms with Gasteiger partial charge >= 0.3 is 31.7 Å². The van der Waals surface area contributed by atoms with Crippen molar-refractivity contribution in [2.24, 2.45) is 5.92 Å². The van der Waals surface area contributed by atoms with E-state index in [1.54, 1.807) is 0 Å². The van der Waals surface area contributed by atoms with E-state index in [0.29, 0.717) is 38.0 Å². The van der Waals surface area contributed by atoms with E-state index in [9.17, 15) is 74.6 Å². The highest BCUT2D eigenvalue weighted by atomic mass is 31.2. The van der Waals surface area contributed by atoms with Crippen molar-refractivity contribution in [1.82, 2.24) is 0 Å². The molecule has 0 aromatic heterocycles. The monoisotopic (exact) mass is 1720 g/mol. The molecule has 19 atom stereocenters. The number of hydrogen-bond acceptors (Lipinski definition) is 24. The average molecular weight is 1720 g/mol. The molecule has 25 nitrogen and oxygen atoms in total. The van der Waals surface area contributed by atoms with E-state index in [0.717, 1.165) is 128 Å². The van der Waals surface area contributed by atoms with Crippen LogP contribution in [0.4, 0.5) is 0 Å². The van der Waals surface area contributed by atoms with Crippen molar-refractivity contribution in [2.75, 3.05) is 26.4 Å². The maximum atomic E-state index is 14.9. The van der Waals surface area contributed by atoms with Crippen molar-refractivity contribution in [3.8, 4) is 0 Å². The number of carbonyl (C=O) groups is 4. The lowest BCUT2D eigenvalue weighted by Crippen LogP contribution is -2.70. The van der Waals surface area contributed by atoms with Crippen LogP contribution in [0.25, 0.3) is 0 Å². The number of esters is 4. The second-order valence-electron chi connectivity index (χ2n) is 35.2. The molecule has 3 aliphatic rings. The predicted octanol–water partition coefficient (Wildman–Crippen LogP) is 18.4. The predicted molar refractivity (Wildman–Crippen MR) is 463 cm³/mol. The van der Waals surface area contributed by atoms with E-state index in [1.165, 1.54) is 212 Å². The smallest absolute Gasteiger partial charge is 0.463 e. The van der Waals surface area contributed by atoms with Gasteiger partial charge in [0.15, 0.2) is 24.8 Å². The number of rotatable bonds is 79. The highest BCUT2D eigenvalue weighted by Crippen LogP contribution is 2.49. The fourth-order valence-corrected chi connectivity index (χ4v) is 17.4. The minimum absolute atomic E-state index is 0.0195. The molecule has 2 saturated heterocycles. The van der Waals surface area contributed by atoms with Crippen LogP contribution < -0.4 is 0 Å². The number of unbranched alkanes of at least 4 members (excludes halogenated alkanes) is 51. The van der Waals surface area contributed by atoms with Gasteiger partial charge < -0.3 is 88.7 Å². The van der Waals surface area contributed by atoms with Gasteiger partial charge in [0.1, 0.15) is 92.6 Å². The van der Waals surface area contributed by atoms with Crippen molar-refractivity contribution in [3.05, 3.63) is 0 Å². The molecule has 1 aliphatic carbocycles. The molecule has 0 radical (unpaired) electrons. The first kappa shape index (κ1) is 111. The quantitative estimate of drug-likeness (QED) is 0.0117. The number of hydrogen-bond donors (Lipinski definition) is 10. The number of phosphoric acid groups is 1. The summed E-state index contributed by atoms with van der Waals surface area (Å²) in [5.74, 6) is -2.25. The van der Waals surface area contributed by atoms with Crippen LogP contribution in [0.1, 0.15) is 433 Å². The van der Waals surface area contributed by atoms with Gasteiger partial charge in [-0.25, -0.2) is 4.57 Å². The second kappa shape index (κ2) is 71.5. The van der Waals surface area contributed by atoms with Crippen LogP contribution >= 0.6 is 7.82 Å². The molecule has 26 heteroatoms. The molecular formula is C93H175O25P. The van der Waals surface area contributed by atoms with Crippen molar-refractivity contribution in [1.29, 1.82) is 0 Å². The molecule has 0 aromatic carbocycles. The molecule has 10 N–H and O–H groups in total. The molecule has 0 aromatic rings. The Morgan fingerprint density at radius 2 is 0.630 bits per heavy atom. The fraction of sp³-hybridized carbons (Fsp3) is 0.957. The Balaban J connectivity index is 1.91. The summed E-state index contributed by atoms with van der Waals surface area (Å²) in [5.41, 5.74) is 0. The van der Waals surface area contributed by atoms with Crippen LogP contribution in [0.3, 0.4) is 0 Å².